The Kier molecular flexibility index (Phi) is 3.62. The molecule has 1 aromatic carbocycles. The zero-order chi connectivity index (χ0) is 17.2. The summed E-state index contributed by atoms with van der Waals surface area (Å²) in [5.41, 5.74) is 0.856. The Balaban J connectivity index is 1.85. The van der Waals surface area contributed by atoms with Gasteiger partial charge in [-0.25, -0.2) is 19.9 Å². The second kappa shape index (κ2) is 6.08. The first kappa shape index (κ1) is 14.9. The molecule has 0 bridgehead atoms. The van der Waals surface area contributed by atoms with E-state index in [2.05, 4.69) is 25.1 Å². The van der Waals surface area contributed by atoms with Gasteiger partial charge in [0.25, 0.3) is 5.91 Å². The highest BCUT2D eigenvalue weighted by atomic mass is 19.1. The molecule has 0 unspecified atom stereocenters. The number of aromatic nitrogens is 5. The molecule has 25 heavy (non-hydrogen) atoms. The second-order valence-electron chi connectivity index (χ2n) is 5.15. The summed E-state index contributed by atoms with van der Waals surface area (Å²) in [6, 6.07) is 12.0. The fraction of sp³-hybridized carbons (Fsp3) is 0. The van der Waals surface area contributed by atoms with E-state index in [-0.39, 0.29) is 17.0 Å². The van der Waals surface area contributed by atoms with Gasteiger partial charge in [-0.05, 0) is 24.3 Å². The number of nitrogens with zero attached hydrogens (tertiary/aromatic N) is 5. The lowest BCUT2D eigenvalue weighted by Gasteiger charge is -2.20. The van der Waals surface area contributed by atoms with Crippen LogP contribution in [-0.2, 0) is 0 Å². The maximum atomic E-state index is 14.1. The summed E-state index contributed by atoms with van der Waals surface area (Å²) in [5.74, 6) is -1.14. The van der Waals surface area contributed by atoms with Gasteiger partial charge in [-0.3, -0.25) is 9.89 Å². The maximum Gasteiger partial charge on any atom is 0.284 e. The number of benzene rings is 1. The number of nitrogens with one attached hydrogen (secondary N) is 1. The lowest BCUT2D eigenvalue weighted by molar-refractivity contribution is 0.0992. The molecule has 0 aliphatic rings. The Morgan fingerprint density at radius 2 is 1.84 bits per heavy atom. The van der Waals surface area contributed by atoms with Crippen molar-refractivity contribution in [3.05, 3.63) is 72.7 Å². The third kappa shape index (κ3) is 2.69. The smallest absolute Gasteiger partial charge is 0.278 e. The Hall–Kier alpha value is -3.68. The first-order valence-corrected chi connectivity index (χ1v) is 7.40. The van der Waals surface area contributed by atoms with Crippen molar-refractivity contribution in [2.75, 3.05) is 4.90 Å². The molecule has 3 aromatic heterocycles. The number of carbonyl (C=O) groups excluding carboxylic acids is 1. The normalized spacial score (nSPS) is 10.8. The molecule has 0 fully saturated rings. The van der Waals surface area contributed by atoms with Crippen LogP contribution in [0.3, 0.4) is 0 Å². The fourth-order valence-electron chi connectivity index (χ4n) is 2.44. The summed E-state index contributed by atoms with van der Waals surface area (Å²) in [4.78, 5) is 26.4. The van der Waals surface area contributed by atoms with E-state index in [1.807, 2.05) is 6.07 Å². The lowest BCUT2D eigenvalue weighted by Crippen LogP contribution is -2.28. The Bertz CT molecular complexity index is 995. The molecule has 0 saturated heterocycles. The predicted octanol–water partition coefficient (Wildman–Crippen LogP) is 2.87. The number of hydrogen-bond donors (Lipinski definition) is 1. The van der Waals surface area contributed by atoms with Crippen LogP contribution in [0, 0.1) is 5.95 Å². The summed E-state index contributed by atoms with van der Waals surface area (Å²) < 4.78 is 14.1. The minimum atomic E-state index is -0.767. The Morgan fingerprint density at radius 3 is 2.60 bits per heavy atom. The third-order valence-corrected chi connectivity index (χ3v) is 3.58. The van der Waals surface area contributed by atoms with E-state index in [0.29, 0.717) is 11.2 Å². The zero-order valence-electron chi connectivity index (χ0n) is 12.8. The molecule has 1 N–H and O–H groups in total. The zero-order valence-corrected chi connectivity index (χ0v) is 12.8. The SMILES string of the molecule is O=C(c1cc2[nH]ncc2c(F)n1)N(c1ccccc1)c1ncccn1. The van der Waals surface area contributed by atoms with Crippen LogP contribution in [0.4, 0.5) is 16.0 Å². The standard InChI is InChI=1S/C17H11FN6O/c18-15-12-10-21-23-13(12)9-14(22-15)16(25)24(11-5-2-1-3-6-11)17-19-7-4-8-20-17/h1-10H,(H,21,23). The molecule has 1 amide bonds. The van der Waals surface area contributed by atoms with Crippen LogP contribution < -0.4 is 4.90 Å². The van der Waals surface area contributed by atoms with Crippen molar-refractivity contribution >= 4 is 28.4 Å². The van der Waals surface area contributed by atoms with Gasteiger partial charge in [0.05, 0.1) is 22.8 Å². The van der Waals surface area contributed by atoms with Gasteiger partial charge in [-0.2, -0.15) is 9.49 Å². The first-order chi connectivity index (χ1) is 12.2. The van der Waals surface area contributed by atoms with Crippen molar-refractivity contribution in [1.82, 2.24) is 25.1 Å². The molecule has 0 atom stereocenters. The molecule has 4 rings (SSSR count). The van der Waals surface area contributed by atoms with Crippen molar-refractivity contribution in [3.8, 4) is 0 Å². The second-order valence-corrected chi connectivity index (χ2v) is 5.15. The monoisotopic (exact) mass is 334 g/mol. The molecule has 122 valence electrons. The highest BCUT2D eigenvalue weighted by Gasteiger charge is 2.24. The maximum absolute atomic E-state index is 14.1. The van der Waals surface area contributed by atoms with Crippen molar-refractivity contribution in [3.63, 3.8) is 0 Å². The van der Waals surface area contributed by atoms with Gasteiger partial charge in [0, 0.05) is 12.4 Å². The molecule has 3 heterocycles. The molecule has 4 aromatic rings. The number of hydrogen-bond acceptors (Lipinski definition) is 5. The molecule has 0 aliphatic heterocycles. The molecule has 0 spiro atoms. The van der Waals surface area contributed by atoms with Crippen molar-refractivity contribution < 1.29 is 9.18 Å². The van der Waals surface area contributed by atoms with E-state index in [1.54, 1.807) is 30.3 Å². The summed E-state index contributed by atoms with van der Waals surface area (Å²) >= 11 is 0. The third-order valence-electron chi connectivity index (χ3n) is 3.58. The van der Waals surface area contributed by atoms with E-state index >= 15 is 0 Å². The van der Waals surface area contributed by atoms with Gasteiger partial charge in [-0.1, -0.05) is 18.2 Å². The number of anilines is 2. The van der Waals surface area contributed by atoms with E-state index in [9.17, 15) is 9.18 Å². The van der Waals surface area contributed by atoms with Gasteiger partial charge >= 0.3 is 0 Å². The van der Waals surface area contributed by atoms with Gasteiger partial charge < -0.3 is 0 Å². The molecule has 0 radical (unpaired) electrons. The minimum Gasteiger partial charge on any atom is -0.278 e. The Labute approximate surface area is 141 Å². The number of rotatable bonds is 3. The molecule has 8 heteroatoms. The average Bonchev–Trinajstić information content (AvgIpc) is 3.13. The van der Waals surface area contributed by atoms with Crippen LogP contribution in [0.1, 0.15) is 10.5 Å². The van der Waals surface area contributed by atoms with Gasteiger partial charge in [0.2, 0.25) is 11.9 Å². The first-order valence-electron chi connectivity index (χ1n) is 7.40. The van der Waals surface area contributed by atoms with Crippen molar-refractivity contribution in [2.24, 2.45) is 0 Å². The molecule has 7 nitrogen and oxygen atoms in total. The highest BCUT2D eigenvalue weighted by molar-refractivity contribution is 6.09. The summed E-state index contributed by atoms with van der Waals surface area (Å²) in [6.07, 6.45) is 4.37. The van der Waals surface area contributed by atoms with Crippen molar-refractivity contribution in [1.29, 1.82) is 0 Å². The number of carbonyl (C=O) groups is 1. The van der Waals surface area contributed by atoms with Gasteiger partial charge in [-0.15, -0.1) is 0 Å². The number of pyridine rings is 1. The van der Waals surface area contributed by atoms with E-state index in [1.165, 1.54) is 29.6 Å². The van der Waals surface area contributed by atoms with Crippen LogP contribution >= 0.6 is 0 Å². The van der Waals surface area contributed by atoms with Gasteiger partial charge in [0.15, 0.2) is 0 Å². The Morgan fingerprint density at radius 1 is 1.08 bits per heavy atom. The van der Waals surface area contributed by atoms with Crippen molar-refractivity contribution in [2.45, 2.75) is 0 Å². The van der Waals surface area contributed by atoms with Crippen LogP contribution in [0.15, 0.2) is 61.1 Å². The predicted molar refractivity (Wildman–Crippen MR) is 88.8 cm³/mol. The summed E-state index contributed by atoms with van der Waals surface area (Å²) in [7, 11) is 0. The van der Waals surface area contributed by atoms with E-state index in [0.717, 1.165) is 0 Å². The largest absolute Gasteiger partial charge is 0.284 e. The molecule has 0 saturated carbocycles. The van der Waals surface area contributed by atoms with Gasteiger partial charge in [0.1, 0.15) is 5.69 Å². The lowest BCUT2D eigenvalue weighted by atomic mass is 10.2. The minimum absolute atomic E-state index is 0.0782. The summed E-state index contributed by atoms with van der Waals surface area (Å²) in [6.45, 7) is 0. The number of halogens is 1. The quantitative estimate of drug-likeness (QED) is 0.582. The number of para-hydroxylation sites is 1. The molecular weight excluding hydrogens is 323 g/mol. The fourth-order valence-corrected chi connectivity index (χ4v) is 2.44. The molecule has 0 aliphatic carbocycles. The average molecular weight is 334 g/mol. The topological polar surface area (TPSA) is 87.7 Å². The van der Waals surface area contributed by atoms with Crippen LogP contribution in [0.5, 0.6) is 0 Å². The molecular formula is C17H11FN6O. The number of fused-ring (bicyclic) bond motifs is 1. The highest BCUT2D eigenvalue weighted by Crippen LogP contribution is 2.24. The van der Waals surface area contributed by atoms with E-state index < -0.39 is 11.9 Å². The number of amides is 1. The van der Waals surface area contributed by atoms with E-state index in [4.69, 9.17) is 0 Å². The van der Waals surface area contributed by atoms with Crippen LogP contribution in [-0.4, -0.2) is 31.1 Å². The van der Waals surface area contributed by atoms with Crippen LogP contribution in [0.2, 0.25) is 0 Å². The van der Waals surface area contributed by atoms with Crippen LogP contribution in [0.25, 0.3) is 10.9 Å². The number of H-pyrrole nitrogens is 1. The summed E-state index contributed by atoms with van der Waals surface area (Å²) in [5, 5.41) is 6.63. The number of aromatic amines is 1.